The Labute approximate surface area is 183 Å². The van der Waals surface area contributed by atoms with Crippen LogP contribution in [-0.4, -0.2) is 17.9 Å². The van der Waals surface area contributed by atoms with Crippen LogP contribution in [0.25, 0.3) is 0 Å². The normalized spacial score (nSPS) is 42.0. The summed E-state index contributed by atoms with van der Waals surface area (Å²) in [5.41, 5.74) is 0.873. The van der Waals surface area contributed by atoms with E-state index < -0.39 is 0 Å². The third-order valence-corrected chi connectivity index (χ3v) is 9.33. The molecule has 1 heterocycles. The maximum atomic E-state index is 13.3. The SMILES string of the molecule is C[C@]12C=CC(=O)N[C@@H]1CC[C@@H]1[C@@H]2CC[C@]2(C)[C@@H](C(=O)Nc3cccc(Cl)c3)CC[C@@H]12. The Morgan fingerprint density at radius 2 is 1.97 bits per heavy atom. The molecule has 3 aliphatic carbocycles. The number of rotatable bonds is 2. The molecule has 0 radical (unpaired) electrons. The molecule has 0 bridgehead atoms. The van der Waals surface area contributed by atoms with Crippen LogP contribution in [0, 0.1) is 34.5 Å². The number of carbonyl (C=O) groups is 2. The molecule has 0 saturated heterocycles. The molecular weight excluding hydrogens is 396 g/mol. The van der Waals surface area contributed by atoms with Crippen molar-refractivity contribution in [2.75, 3.05) is 5.32 Å². The van der Waals surface area contributed by atoms with E-state index >= 15 is 0 Å². The Bertz CT molecular complexity index is 914. The molecule has 0 unspecified atom stereocenters. The number of hydrogen-bond donors (Lipinski definition) is 2. The van der Waals surface area contributed by atoms with Crippen molar-refractivity contribution in [1.82, 2.24) is 5.32 Å². The van der Waals surface area contributed by atoms with Gasteiger partial charge in [-0.15, -0.1) is 0 Å². The fourth-order valence-corrected chi connectivity index (χ4v) is 7.75. The predicted octanol–water partition coefficient (Wildman–Crippen LogP) is 5.19. The molecule has 160 valence electrons. The summed E-state index contributed by atoms with van der Waals surface area (Å²) in [5.74, 6) is 2.04. The van der Waals surface area contributed by atoms with Gasteiger partial charge in [-0.3, -0.25) is 9.59 Å². The summed E-state index contributed by atoms with van der Waals surface area (Å²) in [4.78, 5) is 25.2. The molecule has 30 heavy (non-hydrogen) atoms. The minimum absolute atomic E-state index is 0.0410. The molecule has 1 aromatic rings. The van der Waals surface area contributed by atoms with E-state index in [4.69, 9.17) is 11.6 Å². The predicted molar refractivity (Wildman–Crippen MR) is 119 cm³/mol. The molecule has 5 heteroatoms. The van der Waals surface area contributed by atoms with Crippen LogP contribution in [0.15, 0.2) is 36.4 Å². The van der Waals surface area contributed by atoms with E-state index in [2.05, 4.69) is 30.6 Å². The van der Waals surface area contributed by atoms with Gasteiger partial charge in [-0.2, -0.15) is 0 Å². The van der Waals surface area contributed by atoms with E-state index in [1.54, 1.807) is 6.08 Å². The fraction of sp³-hybridized carbons (Fsp3) is 0.600. The van der Waals surface area contributed by atoms with Crippen LogP contribution < -0.4 is 10.6 Å². The van der Waals surface area contributed by atoms with E-state index in [-0.39, 0.29) is 34.6 Å². The van der Waals surface area contributed by atoms with Gasteiger partial charge in [0.1, 0.15) is 0 Å². The molecule has 5 rings (SSSR count). The monoisotopic (exact) mass is 426 g/mol. The number of nitrogens with one attached hydrogen (secondary N) is 2. The van der Waals surface area contributed by atoms with Gasteiger partial charge in [0.25, 0.3) is 0 Å². The summed E-state index contributed by atoms with van der Waals surface area (Å²) in [6, 6.07) is 7.67. The lowest BCUT2D eigenvalue weighted by Crippen LogP contribution is -2.59. The molecule has 4 nitrogen and oxygen atoms in total. The highest BCUT2D eigenvalue weighted by atomic mass is 35.5. The number of amides is 2. The average molecular weight is 427 g/mol. The summed E-state index contributed by atoms with van der Waals surface area (Å²) < 4.78 is 0. The van der Waals surface area contributed by atoms with Crippen molar-refractivity contribution in [1.29, 1.82) is 0 Å². The lowest BCUT2D eigenvalue weighted by atomic mass is 9.48. The summed E-state index contributed by atoms with van der Waals surface area (Å²) in [7, 11) is 0. The standard InChI is InChI=1S/C25H31ClN2O2/c1-24-12-10-19-17(6-9-21-25(19,2)13-11-22(29)28-21)18(24)7-8-20(24)23(30)27-16-5-3-4-15(26)14-16/h3-5,11,13-14,17-21H,6-10,12H2,1-2H3,(H,27,30)(H,28,29)/t17-,18-,19-,20+,21+,24-,25+/m0/s1. The second kappa shape index (κ2) is 7.12. The fourth-order valence-electron chi connectivity index (χ4n) is 7.56. The van der Waals surface area contributed by atoms with Gasteiger partial charge in [-0.05, 0) is 86.0 Å². The number of benzene rings is 1. The lowest BCUT2D eigenvalue weighted by molar-refractivity contribution is -0.129. The molecule has 0 spiro atoms. The maximum absolute atomic E-state index is 13.3. The smallest absolute Gasteiger partial charge is 0.243 e. The number of fused-ring (bicyclic) bond motifs is 5. The topological polar surface area (TPSA) is 58.2 Å². The van der Waals surface area contributed by atoms with Gasteiger partial charge < -0.3 is 10.6 Å². The van der Waals surface area contributed by atoms with Crippen molar-refractivity contribution in [3.63, 3.8) is 0 Å². The molecule has 1 aromatic carbocycles. The zero-order chi connectivity index (χ0) is 21.1. The Morgan fingerprint density at radius 3 is 2.77 bits per heavy atom. The number of anilines is 1. The Hall–Kier alpha value is -1.81. The quantitative estimate of drug-likeness (QED) is 0.683. The molecule has 2 amide bonds. The molecule has 1 aliphatic heterocycles. The second-order valence-electron chi connectivity index (χ2n) is 10.4. The van der Waals surface area contributed by atoms with Crippen LogP contribution in [0.2, 0.25) is 5.02 Å². The van der Waals surface area contributed by atoms with Crippen molar-refractivity contribution in [2.24, 2.45) is 34.5 Å². The molecule has 4 aliphatic rings. The lowest BCUT2D eigenvalue weighted by Gasteiger charge is -2.58. The van der Waals surface area contributed by atoms with Crippen molar-refractivity contribution < 1.29 is 9.59 Å². The molecule has 3 saturated carbocycles. The van der Waals surface area contributed by atoms with Gasteiger partial charge in [-0.1, -0.05) is 37.6 Å². The summed E-state index contributed by atoms with van der Waals surface area (Å²) in [5, 5.41) is 6.99. The maximum Gasteiger partial charge on any atom is 0.243 e. The van der Waals surface area contributed by atoms with E-state index in [0.717, 1.165) is 44.2 Å². The van der Waals surface area contributed by atoms with Gasteiger partial charge in [0.2, 0.25) is 11.8 Å². The summed E-state index contributed by atoms with van der Waals surface area (Å²) in [6.45, 7) is 4.70. The highest BCUT2D eigenvalue weighted by Crippen LogP contribution is 2.65. The highest BCUT2D eigenvalue weighted by molar-refractivity contribution is 6.30. The van der Waals surface area contributed by atoms with Gasteiger partial charge in [0.05, 0.1) is 0 Å². The average Bonchev–Trinajstić information content (AvgIpc) is 3.06. The third-order valence-electron chi connectivity index (χ3n) is 9.09. The second-order valence-corrected chi connectivity index (χ2v) is 10.8. The van der Waals surface area contributed by atoms with Gasteiger partial charge in [0.15, 0.2) is 0 Å². The van der Waals surface area contributed by atoms with Crippen LogP contribution in [0.5, 0.6) is 0 Å². The van der Waals surface area contributed by atoms with E-state index in [1.807, 2.05) is 24.3 Å². The minimum atomic E-state index is 0.0410. The number of halogens is 1. The first-order valence-corrected chi connectivity index (χ1v) is 11.8. The van der Waals surface area contributed by atoms with Crippen molar-refractivity contribution in [3.05, 3.63) is 41.4 Å². The van der Waals surface area contributed by atoms with E-state index in [0.29, 0.717) is 22.8 Å². The Kier molecular flexibility index (Phi) is 4.77. The first-order valence-electron chi connectivity index (χ1n) is 11.4. The number of carbonyl (C=O) groups excluding carboxylic acids is 2. The highest BCUT2D eigenvalue weighted by Gasteiger charge is 2.60. The Morgan fingerprint density at radius 1 is 1.13 bits per heavy atom. The Balaban J connectivity index is 1.37. The zero-order valence-electron chi connectivity index (χ0n) is 17.8. The van der Waals surface area contributed by atoms with Crippen LogP contribution in [0.3, 0.4) is 0 Å². The van der Waals surface area contributed by atoms with E-state index in [9.17, 15) is 9.59 Å². The minimum Gasteiger partial charge on any atom is -0.349 e. The largest absolute Gasteiger partial charge is 0.349 e. The summed E-state index contributed by atoms with van der Waals surface area (Å²) >= 11 is 6.10. The molecule has 0 aromatic heterocycles. The van der Waals surface area contributed by atoms with Crippen molar-refractivity contribution in [2.45, 2.75) is 58.4 Å². The molecule has 3 fully saturated rings. The summed E-state index contributed by atoms with van der Waals surface area (Å²) in [6.07, 6.45) is 10.4. The van der Waals surface area contributed by atoms with Crippen LogP contribution in [-0.2, 0) is 9.59 Å². The van der Waals surface area contributed by atoms with Crippen molar-refractivity contribution in [3.8, 4) is 0 Å². The van der Waals surface area contributed by atoms with Gasteiger partial charge >= 0.3 is 0 Å². The number of hydrogen-bond acceptors (Lipinski definition) is 2. The van der Waals surface area contributed by atoms with Crippen LogP contribution >= 0.6 is 11.6 Å². The molecular formula is C25H31ClN2O2. The zero-order valence-corrected chi connectivity index (χ0v) is 18.5. The molecule has 7 atom stereocenters. The van der Waals surface area contributed by atoms with Crippen molar-refractivity contribution >= 4 is 29.1 Å². The first kappa shape index (κ1) is 20.1. The molecule has 2 N–H and O–H groups in total. The van der Waals surface area contributed by atoms with Crippen LogP contribution in [0.4, 0.5) is 5.69 Å². The van der Waals surface area contributed by atoms with Gasteiger partial charge in [-0.25, -0.2) is 0 Å². The van der Waals surface area contributed by atoms with Crippen LogP contribution in [0.1, 0.15) is 52.4 Å². The third kappa shape index (κ3) is 3.02. The van der Waals surface area contributed by atoms with Gasteiger partial charge in [0, 0.05) is 28.1 Å². The first-order chi connectivity index (χ1) is 14.3. The van der Waals surface area contributed by atoms with E-state index in [1.165, 1.54) is 0 Å².